The largest absolute Gasteiger partial charge is 0.390 e. The van der Waals surface area contributed by atoms with E-state index in [0.29, 0.717) is 0 Å². The predicted octanol–water partition coefficient (Wildman–Crippen LogP) is 1.88. The summed E-state index contributed by atoms with van der Waals surface area (Å²) in [5.41, 5.74) is 0.829. The number of esters is 2. The van der Waals surface area contributed by atoms with Crippen LogP contribution in [-0.2, 0) is 20.7 Å². The van der Waals surface area contributed by atoms with Crippen LogP contribution < -0.4 is 0 Å². The van der Waals surface area contributed by atoms with E-state index >= 15 is 0 Å². The molecule has 0 aliphatic carbocycles. The summed E-state index contributed by atoms with van der Waals surface area (Å²) in [6.45, 7) is 1.68. The van der Waals surface area contributed by atoms with Gasteiger partial charge in [0.2, 0.25) is 0 Å². The third kappa shape index (κ3) is 4.22. The number of ether oxygens (including phenoxy) is 1. The van der Waals surface area contributed by atoms with Crippen molar-refractivity contribution in [2.75, 3.05) is 0 Å². The van der Waals surface area contributed by atoms with Gasteiger partial charge in [0.15, 0.2) is 0 Å². The molecule has 1 aromatic carbocycles. The SMILES string of the molecule is C/C=C/C(=O)OC(=O)Cc1ccccc1. The molecule has 1 rings (SSSR count). The molecule has 0 N–H and O–H groups in total. The van der Waals surface area contributed by atoms with Crippen molar-refractivity contribution in [1.82, 2.24) is 0 Å². The Morgan fingerprint density at radius 3 is 2.53 bits per heavy atom. The van der Waals surface area contributed by atoms with Gasteiger partial charge in [-0.2, -0.15) is 0 Å². The Morgan fingerprint density at radius 2 is 1.93 bits per heavy atom. The van der Waals surface area contributed by atoms with Crippen molar-refractivity contribution < 1.29 is 14.3 Å². The number of hydrogen-bond donors (Lipinski definition) is 0. The van der Waals surface area contributed by atoms with Gasteiger partial charge in [-0.05, 0) is 12.5 Å². The van der Waals surface area contributed by atoms with Crippen molar-refractivity contribution in [2.45, 2.75) is 13.3 Å². The van der Waals surface area contributed by atoms with Crippen LogP contribution in [0.3, 0.4) is 0 Å². The zero-order valence-corrected chi connectivity index (χ0v) is 8.47. The highest BCUT2D eigenvalue weighted by Crippen LogP contribution is 2.00. The van der Waals surface area contributed by atoms with Crippen LogP contribution in [0.2, 0.25) is 0 Å². The van der Waals surface area contributed by atoms with Crippen LogP contribution in [-0.4, -0.2) is 11.9 Å². The Kier molecular flexibility index (Phi) is 4.29. The Morgan fingerprint density at radius 1 is 1.27 bits per heavy atom. The zero-order valence-electron chi connectivity index (χ0n) is 8.47. The van der Waals surface area contributed by atoms with Crippen LogP contribution in [0.4, 0.5) is 0 Å². The van der Waals surface area contributed by atoms with Crippen molar-refractivity contribution in [3.63, 3.8) is 0 Å². The molecular formula is C12H12O3. The molecule has 15 heavy (non-hydrogen) atoms. The molecular weight excluding hydrogens is 192 g/mol. The summed E-state index contributed by atoms with van der Waals surface area (Å²) in [6.07, 6.45) is 2.85. The summed E-state index contributed by atoms with van der Waals surface area (Å²) in [7, 11) is 0. The van der Waals surface area contributed by atoms with Gasteiger partial charge in [-0.3, -0.25) is 4.79 Å². The highest BCUT2D eigenvalue weighted by molar-refractivity contribution is 5.92. The lowest BCUT2D eigenvalue weighted by Gasteiger charge is -1.99. The Bertz CT molecular complexity index is 366. The predicted molar refractivity (Wildman–Crippen MR) is 56.1 cm³/mol. The summed E-state index contributed by atoms with van der Waals surface area (Å²) in [4.78, 5) is 22.1. The molecule has 0 heterocycles. The number of carbonyl (C=O) groups is 2. The fraction of sp³-hybridized carbons (Fsp3) is 0.167. The van der Waals surface area contributed by atoms with Gasteiger partial charge >= 0.3 is 11.9 Å². The quantitative estimate of drug-likeness (QED) is 0.429. The van der Waals surface area contributed by atoms with E-state index in [0.717, 1.165) is 5.56 Å². The lowest BCUT2D eigenvalue weighted by atomic mass is 10.2. The van der Waals surface area contributed by atoms with Gasteiger partial charge in [-0.15, -0.1) is 0 Å². The fourth-order valence-corrected chi connectivity index (χ4v) is 1.08. The van der Waals surface area contributed by atoms with Crippen LogP contribution in [0.25, 0.3) is 0 Å². The molecule has 0 saturated heterocycles. The molecule has 0 saturated carbocycles. The minimum Gasteiger partial charge on any atom is -0.390 e. The molecule has 0 aromatic heterocycles. The molecule has 0 bridgehead atoms. The molecule has 0 amide bonds. The van der Waals surface area contributed by atoms with Crippen molar-refractivity contribution >= 4 is 11.9 Å². The fourth-order valence-electron chi connectivity index (χ4n) is 1.08. The number of benzene rings is 1. The van der Waals surface area contributed by atoms with Crippen LogP contribution in [0.5, 0.6) is 0 Å². The number of rotatable bonds is 3. The van der Waals surface area contributed by atoms with E-state index in [2.05, 4.69) is 4.74 Å². The Hall–Kier alpha value is -1.90. The molecule has 3 nitrogen and oxygen atoms in total. The molecule has 78 valence electrons. The van der Waals surface area contributed by atoms with Gasteiger partial charge in [0, 0.05) is 6.08 Å². The standard InChI is InChI=1S/C12H12O3/c1-2-6-11(13)15-12(14)9-10-7-4-3-5-8-10/h2-8H,9H2,1H3/b6-2+. The van der Waals surface area contributed by atoms with Gasteiger partial charge in [-0.25, -0.2) is 4.79 Å². The summed E-state index contributed by atoms with van der Waals surface area (Å²) < 4.78 is 4.53. The van der Waals surface area contributed by atoms with E-state index in [4.69, 9.17) is 0 Å². The molecule has 1 aromatic rings. The van der Waals surface area contributed by atoms with Crippen LogP contribution >= 0.6 is 0 Å². The molecule has 0 aliphatic rings. The number of hydrogen-bond acceptors (Lipinski definition) is 3. The van der Waals surface area contributed by atoms with E-state index in [9.17, 15) is 9.59 Å². The van der Waals surface area contributed by atoms with Gasteiger partial charge in [-0.1, -0.05) is 36.4 Å². The van der Waals surface area contributed by atoms with Gasteiger partial charge in [0.05, 0.1) is 6.42 Å². The third-order valence-corrected chi connectivity index (χ3v) is 1.71. The second kappa shape index (κ2) is 5.75. The monoisotopic (exact) mass is 204 g/mol. The lowest BCUT2D eigenvalue weighted by molar-refractivity contribution is -0.155. The maximum atomic E-state index is 11.2. The van der Waals surface area contributed by atoms with Crippen LogP contribution in [0.15, 0.2) is 42.5 Å². The van der Waals surface area contributed by atoms with E-state index in [1.807, 2.05) is 18.2 Å². The molecule has 0 fully saturated rings. The average molecular weight is 204 g/mol. The van der Waals surface area contributed by atoms with Gasteiger partial charge in [0.25, 0.3) is 0 Å². The topological polar surface area (TPSA) is 43.4 Å². The first-order valence-corrected chi connectivity index (χ1v) is 4.63. The molecule has 0 atom stereocenters. The van der Waals surface area contributed by atoms with Crippen molar-refractivity contribution in [3.8, 4) is 0 Å². The first kappa shape index (κ1) is 11.2. The normalized spacial score (nSPS) is 10.2. The average Bonchev–Trinajstić information content (AvgIpc) is 2.19. The highest BCUT2D eigenvalue weighted by Gasteiger charge is 2.07. The summed E-state index contributed by atoms with van der Waals surface area (Å²) >= 11 is 0. The minimum atomic E-state index is -0.626. The first-order valence-electron chi connectivity index (χ1n) is 4.63. The smallest absolute Gasteiger partial charge is 0.338 e. The maximum absolute atomic E-state index is 11.2. The first-order chi connectivity index (χ1) is 7.22. The Labute approximate surface area is 88.4 Å². The molecule has 0 spiro atoms. The van der Waals surface area contributed by atoms with E-state index in [1.54, 1.807) is 19.1 Å². The molecule has 3 heteroatoms. The highest BCUT2D eigenvalue weighted by atomic mass is 16.6. The molecule has 0 radical (unpaired) electrons. The maximum Gasteiger partial charge on any atom is 0.338 e. The minimum absolute atomic E-state index is 0.115. The van der Waals surface area contributed by atoms with E-state index < -0.39 is 11.9 Å². The summed E-state index contributed by atoms with van der Waals surface area (Å²) in [5, 5.41) is 0. The summed E-state index contributed by atoms with van der Waals surface area (Å²) in [5.74, 6) is -1.16. The Balaban J connectivity index is 2.47. The second-order valence-corrected chi connectivity index (χ2v) is 2.96. The van der Waals surface area contributed by atoms with Crippen molar-refractivity contribution in [3.05, 3.63) is 48.0 Å². The third-order valence-electron chi connectivity index (χ3n) is 1.71. The van der Waals surface area contributed by atoms with Crippen molar-refractivity contribution in [1.29, 1.82) is 0 Å². The van der Waals surface area contributed by atoms with Gasteiger partial charge in [0.1, 0.15) is 0 Å². The van der Waals surface area contributed by atoms with E-state index in [-0.39, 0.29) is 6.42 Å². The van der Waals surface area contributed by atoms with Crippen LogP contribution in [0.1, 0.15) is 12.5 Å². The lowest BCUT2D eigenvalue weighted by Crippen LogP contribution is -2.12. The zero-order chi connectivity index (χ0) is 11.1. The van der Waals surface area contributed by atoms with Gasteiger partial charge < -0.3 is 4.74 Å². The van der Waals surface area contributed by atoms with E-state index in [1.165, 1.54) is 12.2 Å². The van der Waals surface area contributed by atoms with Crippen molar-refractivity contribution in [2.24, 2.45) is 0 Å². The molecule has 0 unspecified atom stereocenters. The number of carbonyl (C=O) groups excluding carboxylic acids is 2. The number of allylic oxidation sites excluding steroid dienone is 1. The summed E-state index contributed by atoms with van der Waals surface area (Å²) in [6, 6.07) is 9.13. The van der Waals surface area contributed by atoms with Crippen LogP contribution in [0, 0.1) is 0 Å². The second-order valence-electron chi connectivity index (χ2n) is 2.96. The molecule has 0 aliphatic heterocycles.